The molecule has 60 valence electrons. The van der Waals surface area contributed by atoms with Crippen LogP contribution in [0.3, 0.4) is 0 Å². The number of hydrogen-bond donors (Lipinski definition) is 1. The molecule has 0 aromatic rings. The van der Waals surface area contributed by atoms with E-state index >= 15 is 0 Å². The molecular weight excluding hydrogens is 142 g/mol. The fourth-order valence-corrected chi connectivity index (χ4v) is 2.07. The summed E-state index contributed by atoms with van der Waals surface area (Å²) in [6.07, 6.45) is 0.773. The van der Waals surface area contributed by atoms with Crippen molar-refractivity contribution in [1.82, 2.24) is 5.32 Å². The molecule has 1 heterocycles. The first-order chi connectivity index (χ1) is 5.09. The molecule has 2 amide bonds. The second-order valence-electron chi connectivity index (χ2n) is 3.77. The van der Waals surface area contributed by atoms with E-state index in [1.165, 1.54) is 0 Å². The van der Waals surface area contributed by atoms with Crippen LogP contribution in [0.5, 0.6) is 0 Å². The van der Waals surface area contributed by atoms with Crippen molar-refractivity contribution in [2.24, 2.45) is 17.3 Å². The first kappa shape index (κ1) is 6.83. The second-order valence-corrected chi connectivity index (χ2v) is 3.77. The molecule has 2 unspecified atom stereocenters. The number of hydrogen-bond acceptors (Lipinski definition) is 2. The van der Waals surface area contributed by atoms with Crippen LogP contribution < -0.4 is 5.32 Å². The molecule has 1 N–H and O–H groups in total. The van der Waals surface area contributed by atoms with E-state index in [9.17, 15) is 9.59 Å². The van der Waals surface area contributed by atoms with Crippen LogP contribution in [0.4, 0.5) is 0 Å². The van der Waals surface area contributed by atoms with Crippen molar-refractivity contribution >= 4 is 11.8 Å². The normalized spacial score (nSPS) is 40.8. The molecule has 0 aromatic carbocycles. The number of fused-ring (bicyclic) bond motifs is 1. The summed E-state index contributed by atoms with van der Waals surface area (Å²) < 4.78 is 0. The van der Waals surface area contributed by atoms with Crippen molar-refractivity contribution < 1.29 is 9.59 Å². The van der Waals surface area contributed by atoms with E-state index < -0.39 is 0 Å². The quantitative estimate of drug-likeness (QED) is 0.551. The summed E-state index contributed by atoms with van der Waals surface area (Å²) in [5, 5.41) is 2.36. The summed E-state index contributed by atoms with van der Waals surface area (Å²) in [5.74, 6) is 0.167. The zero-order chi connectivity index (χ0) is 8.22. The Morgan fingerprint density at radius 1 is 1.55 bits per heavy atom. The van der Waals surface area contributed by atoms with Gasteiger partial charge in [-0.25, -0.2) is 0 Å². The summed E-state index contributed by atoms with van der Waals surface area (Å²) in [6, 6.07) is 0. The molecule has 2 rings (SSSR count). The molecule has 1 aliphatic carbocycles. The highest BCUT2D eigenvalue weighted by Gasteiger charge is 2.69. The lowest BCUT2D eigenvalue weighted by Gasteiger charge is -2.12. The number of imide groups is 1. The number of piperidine rings is 1. The zero-order valence-electron chi connectivity index (χ0n) is 6.68. The Labute approximate surface area is 65.2 Å². The smallest absolute Gasteiger partial charge is 0.233 e. The topological polar surface area (TPSA) is 46.2 Å². The average molecular weight is 153 g/mol. The fourth-order valence-electron chi connectivity index (χ4n) is 2.07. The van der Waals surface area contributed by atoms with Gasteiger partial charge in [0.15, 0.2) is 0 Å². The lowest BCUT2D eigenvalue weighted by molar-refractivity contribution is -0.129. The molecule has 0 radical (unpaired) electrons. The first-order valence-electron chi connectivity index (χ1n) is 3.94. The van der Waals surface area contributed by atoms with Crippen LogP contribution in [0.15, 0.2) is 0 Å². The number of rotatable bonds is 1. The van der Waals surface area contributed by atoms with Crippen molar-refractivity contribution in [3.63, 3.8) is 0 Å². The van der Waals surface area contributed by atoms with Gasteiger partial charge in [-0.15, -0.1) is 0 Å². The summed E-state index contributed by atoms with van der Waals surface area (Å²) in [6.45, 7) is 4.00. The van der Waals surface area contributed by atoms with Gasteiger partial charge in [-0.1, -0.05) is 13.8 Å². The van der Waals surface area contributed by atoms with Gasteiger partial charge in [0.05, 0.1) is 11.3 Å². The Balaban J connectivity index is 2.32. The summed E-state index contributed by atoms with van der Waals surface area (Å²) >= 11 is 0. The van der Waals surface area contributed by atoms with Gasteiger partial charge in [0.25, 0.3) is 0 Å². The number of carbonyl (C=O) groups is 2. The van der Waals surface area contributed by atoms with Crippen molar-refractivity contribution in [2.75, 3.05) is 0 Å². The molecular formula is C8H11NO2. The molecule has 0 aromatic heterocycles. The minimum Gasteiger partial charge on any atom is -0.296 e. The second kappa shape index (κ2) is 1.65. The van der Waals surface area contributed by atoms with E-state index in [4.69, 9.17) is 0 Å². The van der Waals surface area contributed by atoms with Crippen molar-refractivity contribution in [1.29, 1.82) is 0 Å². The van der Waals surface area contributed by atoms with E-state index in [1.807, 2.05) is 13.8 Å². The number of nitrogens with one attached hydrogen (secondary N) is 1. The highest BCUT2D eigenvalue weighted by Crippen LogP contribution is 2.60. The predicted octanol–water partition coefficient (Wildman–Crippen LogP) is 0.305. The Bertz CT molecular complexity index is 246. The van der Waals surface area contributed by atoms with Crippen LogP contribution in [-0.4, -0.2) is 11.8 Å². The maximum atomic E-state index is 11.3. The third-order valence-corrected chi connectivity index (χ3v) is 3.01. The van der Waals surface area contributed by atoms with E-state index in [0.29, 0.717) is 5.92 Å². The largest absolute Gasteiger partial charge is 0.296 e. The first-order valence-corrected chi connectivity index (χ1v) is 3.94. The molecule has 0 bridgehead atoms. The fraction of sp³-hybridized carbons (Fsp3) is 0.750. The Kier molecular flexibility index (Phi) is 1.03. The van der Waals surface area contributed by atoms with Crippen LogP contribution >= 0.6 is 0 Å². The maximum Gasteiger partial charge on any atom is 0.233 e. The minimum atomic E-state index is -0.308. The molecule has 3 nitrogen and oxygen atoms in total. The summed E-state index contributed by atoms with van der Waals surface area (Å²) in [7, 11) is 0. The van der Waals surface area contributed by atoms with Gasteiger partial charge >= 0.3 is 0 Å². The lowest BCUT2D eigenvalue weighted by Crippen LogP contribution is -2.30. The van der Waals surface area contributed by atoms with E-state index in [2.05, 4.69) is 5.32 Å². The Morgan fingerprint density at radius 2 is 2.18 bits per heavy atom. The molecule has 1 aliphatic heterocycles. The van der Waals surface area contributed by atoms with Gasteiger partial charge in [0.2, 0.25) is 11.8 Å². The van der Waals surface area contributed by atoms with Crippen LogP contribution in [0.25, 0.3) is 0 Å². The molecule has 1 saturated heterocycles. The van der Waals surface area contributed by atoms with E-state index in [1.54, 1.807) is 0 Å². The number of carbonyl (C=O) groups excluding carboxylic acids is 2. The van der Waals surface area contributed by atoms with Gasteiger partial charge in [0.1, 0.15) is 0 Å². The van der Waals surface area contributed by atoms with Crippen LogP contribution in [0.2, 0.25) is 0 Å². The molecule has 1 saturated carbocycles. The number of amides is 2. The summed E-state index contributed by atoms with van der Waals surface area (Å²) in [4.78, 5) is 22.3. The van der Waals surface area contributed by atoms with Crippen LogP contribution in [0, 0.1) is 17.3 Å². The van der Waals surface area contributed by atoms with Gasteiger partial charge in [-0.05, 0) is 12.3 Å². The van der Waals surface area contributed by atoms with Crippen molar-refractivity contribution in [2.45, 2.75) is 20.3 Å². The predicted molar refractivity (Wildman–Crippen MR) is 38.5 cm³/mol. The van der Waals surface area contributed by atoms with Gasteiger partial charge in [0, 0.05) is 0 Å². The molecule has 3 heteroatoms. The molecule has 0 spiro atoms. The third-order valence-electron chi connectivity index (χ3n) is 3.01. The molecule has 2 atom stereocenters. The van der Waals surface area contributed by atoms with Gasteiger partial charge in [-0.3, -0.25) is 14.9 Å². The molecule has 2 aliphatic rings. The SMILES string of the molecule is CC(C)C12CC1C(=O)NC2=O. The standard InChI is InChI=1S/C8H11NO2/c1-4(2)8-3-5(8)6(10)9-7(8)11/h4-5H,3H2,1-2H3,(H,9,10,11). The van der Waals surface area contributed by atoms with Crippen molar-refractivity contribution in [3.05, 3.63) is 0 Å². The van der Waals surface area contributed by atoms with Crippen LogP contribution in [0.1, 0.15) is 20.3 Å². The Hall–Kier alpha value is -0.860. The maximum absolute atomic E-state index is 11.3. The highest BCUT2D eigenvalue weighted by molar-refractivity contribution is 6.11. The zero-order valence-corrected chi connectivity index (χ0v) is 6.68. The van der Waals surface area contributed by atoms with Crippen molar-refractivity contribution in [3.8, 4) is 0 Å². The summed E-state index contributed by atoms with van der Waals surface area (Å²) in [5.41, 5.74) is -0.308. The highest BCUT2D eigenvalue weighted by atomic mass is 16.2. The monoisotopic (exact) mass is 153 g/mol. The average Bonchev–Trinajstić information content (AvgIpc) is 2.56. The van der Waals surface area contributed by atoms with E-state index in [0.717, 1.165) is 6.42 Å². The third kappa shape index (κ3) is 0.588. The molecule has 2 fully saturated rings. The lowest BCUT2D eigenvalue weighted by atomic mass is 9.91. The van der Waals surface area contributed by atoms with Crippen LogP contribution in [-0.2, 0) is 9.59 Å². The van der Waals surface area contributed by atoms with E-state index in [-0.39, 0.29) is 23.1 Å². The van der Waals surface area contributed by atoms with Gasteiger partial charge < -0.3 is 0 Å². The Morgan fingerprint density at radius 3 is 2.36 bits per heavy atom. The molecule has 11 heavy (non-hydrogen) atoms. The van der Waals surface area contributed by atoms with Gasteiger partial charge in [-0.2, -0.15) is 0 Å². The minimum absolute atomic E-state index is 0.00463.